The molecule has 1 saturated carbocycles. The summed E-state index contributed by atoms with van der Waals surface area (Å²) < 4.78 is 0. The molecule has 2 atom stereocenters. The number of urea groups is 1. The molecule has 1 saturated heterocycles. The number of carboxylic acids is 1. The number of nitrogens with zero attached hydrogens (tertiary/aromatic N) is 2. The second-order valence-corrected chi connectivity index (χ2v) is 6.05. The highest BCUT2D eigenvalue weighted by molar-refractivity contribution is 5.81. The van der Waals surface area contributed by atoms with E-state index in [0.29, 0.717) is 45.6 Å². The Bertz CT molecular complexity index is 433. The van der Waals surface area contributed by atoms with Crippen molar-refractivity contribution in [1.29, 1.82) is 0 Å². The highest BCUT2D eigenvalue weighted by atomic mass is 16.4. The number of nitrogens with one attached hydrogen (secondary N) is 1. The average Bonchev–Trinajstić information content (AvgIpc) is 2.54. The van der Waals surface area contributed by atoms with E-state index < -0.39 is 5.97 Å². The molecule has 7 nitrogen and oxygen atoms in total. The first-order chi connectivity index (χ1) is 10.5. The maximum atomic E-state index is 12.5. The van der Waals surface area contributed by atoms with Crippen LogP contribution in [-0.2, 0) is 9.59 Å². The van der Waals surface area contributed by atoms with E-state index in [1.54, 1.807) is 9.80 Å². The Morgan fingerprint density at radius 1 is 1.05 bits per heavy atom. The third kappa shape index (κ3) is 3.90. The number of carbonyl (C=O) groups excluding carboxylic acids is 2. The molecule has 1 aliphatic carbocycles. The number of piperazine rings is 1. The summed E-state index contributed by atoms with van der Waals surface area (Å²) in [5, 5.41) is 11.9. The molecule has 0 radical (unpaired) electrons. The largest absolute Gasteiger partial charge is 0.481 e. The van der Waals surface area contributed by atoms with Gasteiger partial charge in [0.2, 0.25) is 5.91 Å². The van der Waals surface area contributed by atoms with Crippen LogP contribution in [0.1, 0.15) is 32.6 Å². The lowest BCUT2D eigenvalue weighted by atomic mass is 9.80. The van der Waals surface area contributed by atoms with Crippen molar-refractivity contribution in [3.05, 3.63) is 0 Å². The van der Waals surface area contributed by atoms with E-state index >= 15 is 0 Å². The Morgan fingerprint density at radius 2 is 1.64 bits per heavy atom. The molecular formula is C15H25N3O4. The van der Waals surface area contributed by atoms with E-state index in [1.807, 2.05) is 6.92 Å². The van der Waals surface area contributed by atoms with Crippen LogP contribution in [0, 0.1) is 11.8 Å². The van der Waals surface area contributed by atoms with E-state index in [2.05, 4.69) is 5.32 Å². The van der Waals surface area contributed by atoms with E-state index in [1.165, 1.54) is 0 Å². The van der Waals surface area contributed by atoms with Gasteiger partial charge in [-0.1, -0.05) is 6.42 Å². The normalized spacial score (nSPS) is 25.7. The number of aliphatic carboxylic acids is 1. The van der Waals surface area contributed by atoms with E-state index in [-0.39, 0.29) is 23.8 Å². The van der Waals surface area contributed by atoms with Crippen LogP contribution in [0.25, 0.3) is 0 Å². The van der Waals surface area contributed by atoms with Crippen LogP contribution in [0.4, 0.5) is 4.79 Å². The summed E-state index contributed by atoms with van der Waals surface area (Å²) in [7, 11) is 0. The first kappa shape index (κ1) is 16.6. The molecule has 22 heavy (non-hydrogen) atoms. The van der Waals surface area contributed by atoms with Crippen molar-refractivity contribution in [3.8, 4) is 0 Å². The minimum absolute atomic E-state index is 0.0569. The minimum atomic E-state index is -0.793. The number of hydrogen-bond acceptors (Lipinski definition) is 3. The molecule has 1 heterocycles. The van der Waals surface area contributed by atoms with Crippen molar-refractivity contribution in [2.24, 2.45) is 11.8 Å². The van der Waals surface area contributed by atoms with Crippen LogP contribution in [0.3, 0.4) is 0 Å². The summed E-state index contributed by atoms with van der Waals surface area (Å²) >= 11 is 0. The van der Waals surface area contributed by atoms with Crippen molar-refractivity contribution in [3.63, 3.8) is 0 Å². The van der Waals surface area contributed by atoms with Crippen LogP contribution in [0.2, 0.25) is 0 Å². The standard InChI is InChI=1S/C15H25N3O4/c1-2-16-15(22)18-8-6-17(7-9-18)13(19)11-4-3-5-12(10-11)14(20)21/h11-12H,2-10H2,1H3,(H,16,22)(H,20,21). The Kier molecular flexibility index (Phi) is 5.63. The van der Waals surface area contributed by atoms with Crippen molar-refractivity contribution in [2.45, 2.75) is 32.6 Å². The Morgan fingerprint density at radius 3 is 2.23 bits per heavy atom. The summed E-state index contributed by atoms with van der Waals surface area (Å²) in [6.07, 6.45) is 2.69. The Hall–Kier alpha value is -1.79. The molecule has 3 amide bonds. The molecule has 2 aliphatic rings. The predicted molar refractivity (Wildman–Crippen MR) is 80.3 cm³/mol. The van der Waals surface area contributed by atoms with E-state index in [0.717, 1.165) is 12.8 Å². The zero-order valence-corrected chi connectivity index (χ0v) is 13.1. The van der Waals surface area contributed by atoms with Crippen molar-refractivity contribution in [2.75, 3.05) is 32.7 Å². The smallest absolute Gasteiger partial charge is 0.317 e. The molecule has 7 heteroatoms. The molecule has 0 aromatic heterocycles. The van der Waals surface area contributed by atoms with Crippen LogP contribution in [-0.4, -0.2) is 65.5 Å². The second-order valence-electron chi connectivity index (χ2n) is 6.05. The molecule has 124 valence electrons. The molecule has 2 N–H and O–H groups in total. The fourth-order valence-corrected chi connectivity index (χ4v) is 3.29. The first-order valence-corrected chi connectivity index (χ1v) is 8.07. The van der Waals surface area contributed by atoms with Gasteiger partial charge in [0.25, 0.3) is 0 Å². The van der Waals surface area contributed by atoms with Crippen LogP contribution < -0.4 is 5.32 Å². The zero-order valence-electron chi connectivity index (χ0n) is 13.1. The number of carboxylic acid groups (broad SMARTS) is 1. The third-order valence-electron chi connectivity index (χ3n) is 4.58. The lowest BCUT2D eigenvalue weighted by molar-refractivity contribution is -0.145. The van der Waals surface area contributed by atoms with Gasteiger partial charge >= 0.3 is 12.0 Å². The lowest BCUT2D eigenvalue weighted by Gasteiger charge is -2.37. The fraction of sp³-hybridized carbons (Fsp3) is 0.800. The van der Waals surface area contributed by atoms with Gasteiger partial charge in [-0.2, -0.15) is 0 Å². The molecule has 0 spiro atoms. The fourth-order valence-electron chi connectivity index (χ4n) is 3.29. The summed E-state index contributed by atoms with van der Waals surface area (Å²) in [6.45, 7) is 4.60. The molecule has 2 rings (SSSR count). The molecule has 0 bridgehead atoms. The highest BCUT2D eigenvalue weighted by Gasteiger charge is 2.34. The molecule has 1 aliphatic heterocycles. The highest BCUT2D eigenvalue weighted by Crippen LogP contribution is 2.30. The lowest BCUT2D eigenvalue weighted by Crippen LogP contribution is -2.54. The topological polar surface area (TPSA) is 90.0 Å². The summed E-state index contributed by atoms with van der Waals surface area (Å²) in [4.78, 5) is 38.9. The van der Waals surface area contributed by atoms with Gasteiger partial charge in [0, 0.05) is 38.6 Å². The van der Waals surface area contributed by atoms with E-state index in [9.17, 15) is 14.4 Å². The van der Waals surface area contributed by atoms with Gasteiger partial charge in [0.15, 0.2) is 0 Å². The van der Waals surface area contributed by atoms with Gasteiger partial charge in [-0.25, -0.2) is 4.79 Å². The SMILES string of the molecule is CCNC(=O)N1CCN(C(=O)C2CCCC(C(=O)O)C2)CC1. The number of rotatable bonds is 3. The minimum Gasteiger partial charge on any atom is -0.481 e. The number of hydrogen-bond donors (Lipinski definition) is 2. The molecule has 0 aromatic carbocycles. The quantitative estimate of drug-likeness (QED) is 0.805. The molecule has 0 aromatic rings. The van der Waals surface area contributed by atoms with Crippen LogP contribution >= 0.6 is 0 Å². The Balaban J connectivity index is 1.84. The van der Waals surface area contributed by atoms with Crippen LogP contribution in [0.5, 0.6) is 0 Å². The van der Waals surface area contributed by atoms with Crippen molar-refractivity contribution in [1.82, 2.24) is 15.1 Å². The Labute approximate surface area is 130 Å². The molecular weight excluding hydrogens is 286 g/mol. The summed E-state index contributed by atoms with van der Waals surface area (Å²) in [5.41, 5.74) is 0. The summed E-state index contributed by atoms with van der Waals surface area (Å²) in [5.74, 6) is -1.30. The number of amides is 3. The van der Waals surface area contributed by atoms with Crippen LogP contribution in [0.15, 0.2) is 0 Å². The monoisotopic (exact) mass is 311 g/mol. The average molecular weight is 311 g/mol. The maximum absolute atomic E-state index is 12.5. The predicted octanol–water partition coefficient (Wildman–Crippen LogP) is 0.751. The summed E-state index contributed by atoms with van der Waals surface area (Å²) in [6, 6.07) is -0.0850. The van der Waals surface area contributed by atoms with Gasteiger partial charge < -0.3 is 20.2 Å². The zero-order chi connectivity index (χ0) is 16.1. The maximum Gasteiger partial charge on any atom is 0.317 e. The number of carbonyl (C=O) groups is 3. The van der Waals surface area contributed by atoms with Crippen molar-refractivity contribution < 1.29 is 19.5 Å². The first-order valence-electron chi connectivity index (χ1n) is 8.07. The third-order valence-corrected chi connectivity index (χ3v) is 4.58. The van der Waals surface area contributed by atoms with E-state index in [4.69, 9.17) is 5.11 Å². The van der Waals surface area contributed by atoms with Gasteiger partial charge in [-0.15, -0.1) is 0 Å². The van der Waals surface area contributed by atoms with Gasteiger partial charge in [0.1, 0.15) is 0 Å². The molecule has 2 fully saturated rings. The van der Waals surface area contributed by atoms with Gasteiger partial charge in [-0.05, 0) is 26.2 Å². The van der Waals surface area contributed by atoms with Gasteiger partial charge in [0.05, 0.1) is 5.92 Å². The molecule has 2 unspecified atom stereocenters. The second kappa shape index (κ2) is 7.47. The van der Waals surface area contributed by atoms with Gasteiger partial charge in [-0.3, -0.25) is 9.59 Å². The van der Waals surface area contributed by atoms with Crippen molar-refractivity contribution >= 4 is 17.9 Å².